The molecule has 1 aliphatic rings. The number of nitrogens with zero attached hydrogens (tertiary/aromatic N) is 1. The molecule has 1 amide bonds. The Morgan fingerprint density at radius 3 is 2.07 bits per heavy atom. The van der Waals surface area contributed by atoms with Gasteiger partial charge in [0.05, 0.1) is 31.4 Å². The van der Waals surface area contributed by atoms with Gasteiger partial charge in [-0.1, -0.05) is 60.7 Å². The molecule has 1 N–H and O–H groups in total. The SMILES string of the molecule is O=C(NCC(c1ccco1)N1CCOCC1)C(c1ccccc1)c1ccccc1. The molecule has 1 saturated heterocycles. The van der Waals surface area contributed by atoms with Crippen LogP contribution in [0, 0.1) is 0 Å². The van der Waals surface area contributed by atoms with Gasteiger partial charge in [0.1, 0.15) is 5.76 Å². The Kier molecular flexibility index (Phi) is 6.39. The van der Waals surface area contributed by atoms with E-state index in [1.54, 1.807) is 6.26 Å². The lowest BCUT2D eigenvalue weighted by Gasteiger charge is -2.33. The van der Waals surface area contributed by atoms with Crippen LogP contribution in [0.2, 0.25) is 0 Å². The molecule has 0 radical (unpaired) electrons. The van der Waals surface area contributed by atoms with Gasteiger partial charge in [-0.2, -0.15) is 0 Å². The van der Waals surface area contributed by atoms with Crippen LogP contribution in [0.4, 0.5) is 0 Å². The van der Waals surface area contributed by atoms with Crippen LogP contribution < -0.4 is 5.32 Å². The normalized spacial score (nSPS) is 15.9. The zero-order valence-electron chi connectivity index (χ0n) is 16.4. The number of hydrogen-bond acceptors (Lipinski definition) is 4. The van der Waals surface area contributed by atoms with Crippen molar-refractivity contribution in [3.63, 3.8) is 0 Å². The Hall–Kier alpha value is -2.89. The lowest BCUT2D eigenvalue weighted by atomic mass is 9.90. The zero-order valence-corrected chi connectivity index (χ0v) is 16.4. The topological polar surface area (TPSA) is 54.7 Å². The summed E-state index contributed by atoms with van der Waals surface area (Å²) >= 11 is 0. The van der Waals surface area contributed by atoms with E-state index in [-0.39, 0.29) is 17.9 Å². The van der Waals surface area contributed by atoms with Gasteiger partial charge in [-0.05, 0) is 23.3 Å². The smallest absolute Gasteiger partial charge is 0.232 e. The number of ether oxygens (including phenoxy) is 1. The Morgan fingerprint density at radius 2 is 1.52 bits per heavy atom. The van der Waals surface area contributed by atoms with E-state index >= 15 is 0 Å². The van der Waals surface area contributed by atoms with Crippen LogP contribution in [0.3, 0.4) is 0 Å². The number of furan rings is 1. The second-order valence-electron chi connectivity index (χ2n) is 7.18. The number of carbonyl (C=O) groups excluding carboxylic acids is 1. The predicted octanol–water partition coefficient (Wildman–Crippen LogP) is 3.60. The maximum Gasteiger partial charge on any atom is 0.232 e. The zero-order chi connectivity index (χ0) is 19.9. The third-order valence-corrected chi connectivity index (χ3v) is 5.36. The van der Waals surface area contributed by atoms with Crippen LogP contribution in [0.1, 0.15) is 28.8 Å². The van der Waals surface area contributed by atoms with E-state index < -0.39 is 0 Å². The van der Waals surface area contributed by atoms with Crippen LogP contribution in [-0.2, 0) is 9.53 Å². The summed E-state index contributed by atoms with van der Waals surface area (Å²) in [6.07, 6.45) is 1.68. The van der Waals surface area contributed by atoms with Crippen molar-refractivity contribution in [3.05, 3.63) is 95.9 Å². The van der Waals surface area contributed by atoms with Crippen molar-refractivity contribution in [1.29, 1.82) is 0 Å². The Labute approximate surface area is 171 Å². The highest BCUT2D eigenvalue weighted by atomic mass is 16.5. The summed E-state index contributed by atoms with van der Waals surface area (Å²) in [5.74, 6) is 0.509. The molecule has 1 unspecified atom stereocenters. The highest BCUT2D eigenvalue weighted by Crippen LogP contribution is 2.26. The van der Waals surface area contributed by atoms with Crippen molar-refractivity contribution in [2.45, 2.75) is 12.0 Å². The highest BCUT2D eigenvalue weighted by Gasteiger charge is 2.28. The third kappa shape index (κ3) is 4.75. The highest BCUT2D eigenvalue weighted by molar-refractivity contribution is 5.87. The van der Waals surface area contributed by atoms with E-state index in [4.69, 9.17) is 9.15 Å². The molecule has 1 fully saturated rings. The molecule has 2 heterocycles. The summed E-state index contributed by atoms with van der Waals surface area (Å²) in [6.45, 7) is 3.52. The van der Waals surface area contributed by atoms with E-state index in [1.807, 2.05) is 72.8 Å². The molecule has 1 aromatic heterocycles. The van der Waals surface area contributed by atoms with Gasteiger partial charge in [-0.3, -0.25) is 9.69 Å². The maximum atomic E-state index is 13.3. The summed E-state index contributed by atoms with van der Waals surface area (Å²) in [6, 6.07) is 23.7. The summed E-state index contributed by atoms with van der Waals surface area (Å²) in [5.41, 5.74) is 1.97. The summed E-state index contributed by atoms with van der Waals surface area (Å²) < 4.78 is 11.2. The largest absolute Gasteiger partial charge is 0.468 e. The van der Waals surface area contributed by atoms with Gasteiger partial charge in [0.15, 0.2) is 0 Å². The number of morpholine rings is 1. The lowest BCUT2D eigenvalue weighted by Crippen LogP contribution is -2.44. The number of carbonyl (C=O) groups is 1. The molecule has 150 valence electrons. The molecule has 0 aliphatic carbocycles. The Balaban J connectivity index is 1.53. The quantitative estimate of drug-likeness (QED) is 0.670. The van der Waals surface area contributed by atoms with Crippen LogP contribution in [-0.4, -0.2) is 43.7 Å². The average Bonchev–Trinajstić information content (AvgIpc) is 3.31. The molecule has 1 atom stereocenters. The number of benzene rings is 2. The van der Waals surface area contributed by atoms with Gasteiger partial charge < -0.3 is 14.5 Å². The van der Waals surface area contributed by atoms with Gasteiger partial charge in [0.25, 0.3) is 0 Å². The van der Waals surface area contributed by atoms with Crippen molar-refractivity contribution in [1.82, 2.24) is 10.2 Å². The molecule has 5 heteroatoms. The third-order valence-electron chi connectivity index (χ3n) is 5.36. The van der Waals surface area contributed by atoms with Gasteiger partial charge in [0.2, 0.25) is 5.91 Å². The lowest BCUT2D eigenvalue weighted by molar-refractivity contribution is -0.122. The second kappa shape index (κ2) is 9.54. The van der Waals surface area contributed by atoms with Gasteiger partial charge in [-0.15, -0.1) is 0 Å². The fourth-order valence-corrected chi connectivity index (χ4v) is 3.87. The Morgan fingerprint density at radius 1 is 0.897 bits per heavy atom. The molecular formula is C24H26N2O3. The van der Waals surface area contributed by atoms with E-state index in [2.05, 4.69) is 10.2 Å². The van der Waals surface area contributed by atoms with Gasteiger partial charge in [-0.25, -0.2) is 0 Å². The summed E-state index contributed by atoms with van der Waals surface area (Å²) in [7, 11) is 0. The first-order valence-electron chi connectivity index (χ1n) is 10.1. The number of hydrogen-bond donors (Lipinski definition) is 1. The molecule has 0 spiro atoms. The molecule has 0 saturated carbocycles. The average molecular weight is 390 g/mol. The van der Waals surface area contributed by atoms with E-state index in [0.29, 0.717) is 19.8 Å². The molecule has 0 bridgehead atoms. The van der Waals surface area contributed by atoms with Crippen molar-refractivity contribution in [2.75, 3.05) is 32.8 Å². The van der Waals surface area contributed by atoms with Crippen LogP contribution in [0.15, 0.2) is 83.5 Å². The molecular weight excluding hydrogens is 364 g/mol. The van der Waals surface area contributed by atoms with E-state index in [0.717, 1.165) is 30.0 Å². The maximum absolute atomic E-state index is 13.3. The predicted molar refractivity (Wildman–Crippen MR) is 112 cm³/mol. The molecule has 1 aliphatic heterocycles. The first kappa shape index (κ1) is 19.4. The standard InChI is InChI=1S/C24H26N2O3/c27-24(23(19-8-3-1-4-9-19)20-10-5-2-6-11-20)25-18-21(22-12-7-15-29-22)26-13-16-28-17-14-26/h1-12,15,21,23H,13-14,16-18H2,(H,25,27). The Bertz CT molecular complexity index is 836. The van der Waals surface area contributed by atoms with Crippen LogP contribution in [0.5, 0.6) is 0 Å². The van der Waals surface area contributed by atoms with Crippen molar-refractivity contribution in [2.24, 2.45) is 0 Å². The second-order valence-corrected chi connectivity index (χ2v) is 7.18. The minimum atomic E-state index is -0.348. The molecule has 29 heavy (non-hydrogen) atoms. The van der Waals surface area contributed by atoms with Crippen molar-refractivity contribution in [3.8, 4) is 0 Å². The van der Waals surface area contributed by atoms with Gasteiger partial charge in [0, 0.05) is 19.6 Å². The first-order chi connectivity index (χ1) is 14.3. The number of nitrogens with one attached hydrogen (secondary N) is 1. The van der Waals surface area contributed by atoms with Crippen LogP contribution >= 0.6 is 0 Å². The monoisotopic (exact) mass is 390 g/mol. The molecule has 2 aromatic carbocycles. The minimum Gasteiger partial charge on any atom is -0.468 e. The molecule has 4 rings (SSSR count). The number of rotatable bonds is 7. The summed E-state index contributed by atoms with van der Waals surface area (Å²) in [4.78, 5) is 15.6. The number of amides is 1. The summed E-state index contributed by atoms with van der Waals surface area (Å²) in [5, 5.41) is 3.18. The van der Waals surface area contributed by atoms with Crippen molar-refractivity contribution >= 4 is 5.91 Å². The van der Waals surface area contributed by atoms with Crippen molar-refractivity contribution < 1.29 is 13.9 Å². The first-order valence-corrected chi connectivity index (χ1v) is 10.1. The van der Waals surface area contributed by atoms with E-state index in [9.17, 15) is 4.79 Å². The fourth-order valence-electron chi connectivity index (χ4n) is 3.87. The van der Waals surface area contributed by atoms with Crippen LogP contribution in [0.25, 0.3) is 0 Å². The minimum absolute atomic E-state index is 0.00721. The molecule has 5 nitrogen and oxygen atoms in total. The molecule has 3 aromatic rings. The fraction of sp³-hybridized carbons (Fsp3) is 0.292. The van der Waals surface area contributed by atoms with Gasteiger partial charge >= 0.3 is 0 Å². The van der Waals surface area contributed by atoms with E-state index in [1.165, 1.54) is 0 Å².